The number of hydrogen-bond donors (Lipinski definition) is 1. The van der Waals surface area contributed by atoms with Crippen LogP contribution in [0.1, 0.15) is 6.42 Å². The third-order valence-electron chi connectivity index (χ3n) is 4.07. The zero-order chi connectivity index (χ0) is 18.2. The maximum Gasteiger partial charge on any atom is 0.260 e. The Labute approximate surface area is 163 Å². The number of benzene rings is 1. The topological polar surface area (TPSA) is 75.9 Å². The van der Waals surface area contributed by atoms with Gasteiger partial charge >= 0.3 is 0 Å². The summed E-state index contributed by atoms with van der Waals surface area (Å²) in [4.78, 5) is 27.8. The van der Waals surface area contributed by atoms with E-state index in [-0.39, 0.29) is 36.6 Å². The summed E-state index contributed by atoms with van der Waals surface area (Å²) in [6.07, 6.45) is 2.64. The van der Waals surface area contributed by atoms with E-state index >= 15 is 0 Å². The summed E-state index contributed by atoms with van der Waals surface area (Å²) in [5.74, 6) is 0.747. The van der Waals surface area contributed by atoms with Crippen LogP contribution >= 0.6 is 24.2 Å². The highest BCUT2D eigenvalue weighted by atomic mass is 35.5. The molecule has 0 saturated carbocycles. The van der Waals surface area contributed by atoms with E-state index in [0.29, 0.717) is 38.3 Å². The molecule has 0 unspecified atom stereocenters. The van der Waals surface area contributed by atoms with Crippen molar-refractivity contribution in [3.8, 4) is 5.75 Å². The van der Waals surface area contributed by atoms with E-state index in [2.05, 4.69) is 0 Å². The fraction of sp³-hybridized carbons (Fsp3) is 0.529. The quantitative estimate of drug-likeness (QED) is 0.741. The minimum Gasteiger partial charge on any atom is -0.484 e. The van der Waals surface area contributed by atoms with Crippen molar-refractivity contribution in [2.45, 2.75) is 12.5 Å². The maximum absolute atomic E-state index is 12.8. The molecule has 1 aliphatic rings. The van der Waals surface area contributed by atoms with Crippen molar-refractivity contribution in [3.63, 3.8) is 0 Å². The molecule has 2 amide bonds. The van der Waals surface area contributed by atoms with Crippen LogP contribution in [0.3, 0.4) is 0 Å². The van der Waals surface area contributed by atoms with Crippen molar-refractivity contribution >= 4 is 36.0 Å². The van der Waals surface area contributed by atoms with Gasteiger partial charge in [-0.05, 0) is 42.7 Å². The number of hydrogen-bond acceptors (Lipinski definition) is 5. The van der Waals surface area contributed by atoms with Crippen molar-refractivity contribution in [2.75, 3.05) is 44.8 Å². The Morgan fingerprint density at radius 2 is 1.77 bits per heavy atom. The normalized spacial score (nSPS) is 15.2. The Morgan fingerprint density at radius 1 is 1.19 bits per heavy atom. The van der Waals surface area contributed by atoms with Gasteiger partial charge in [0, 0.05) is 26.2 Å². The first-order valence-electron chi connectivity index (χ1n) is 8.20. The van der Waals surface area contributed by atoms with E-state index in [9.17, 15) is 14.0 Å². The van der Waals surface area contributed by atoms with Crippen LogP contribution in [0.5, 0.6) is 5.75 Å². The third-order valence-corrected chi connectivity index (χ3v) is 4.71. The number of rotatable bonds is 7. The zero-order valence-electron chi connectivity index (χ0n) is 14.7. The molecule has 6 nitrogen and oxygen atoms in total. The Kier molecular flexibility index (Phi) is 9.75. The molecular formula is C17H25ClFN3O3S. The molecule has 2 rings (SSSR count). The number of thioether (sulfide) groups is 1. The number of piperazine rings is 1. The molecule has 26 heavy (non-hydrogen) atoms. The molecule has 2 N–H and O–H groups in total. The molecule has 146 valence electrons. The summed E-state index contributed by atoms with van der Waals surface area (Å²) in [6, 6.07) is 5.05. The average Bonchev–Trinajstić information content (AvgIpc) is 2.65. The van der Waals surface area contributed by atoms with Crippen LogP contribution in [0.4, 0.5) is 4.39 Å². The summed E-state index contributed by atoms with van der Waals surface area (Å²) in [7, 11) is 0. The molecule has 0 aliphatic carbocycles. The predicted octanol–water partition coefficient (Wildman–Crippen LogP) is 1.38. The second-order valence-corrected chi connectivity index (χ2v) is 6.82. The number of ether oxygens (including phenoxy) is 1. The highest BCUT2D eigenvalue weighted by Crippen LogP contribution is 2.12. The van der Waals surface area contributed by atoms with E-state index in [1.807, 2.05) is 6.26 Å². The maximum atomic E-state index is 12.8. The van der Waals surface area contributed by atoms with Crippen LogP contribution < -0.4 is 10.5 Å². The fourth-order valence-corrected chi connectivity index (χ4v) is 3.04. The van der Waals surface area contributed by atoms with Crippen LogP contribution in [0, 0.1) is 5.82 Å². The van der Waals surface area contributed by atoms with Gasteiger partial charge < -0.3 is 20.3 Å². The van der Waals surface area contributed by atoms with Crippen LogP contribution in [0.25, 0.3) is 0 Å². The molecule has 0 spiro atoms. The van der Waals surface area contributed by atoms with E-state index in [1.165, 1.54) is 24.3 Å². The van der Waals surface area contributed by atoms with Crippen molar-refractivity contribution in [1.29, 1.82) is 0 Å². The number of amides is 2. The largest absolute Gasteiger partial charge is 0.484 e. The summed E-state index contributed by atoms with van der Waals surface area (Å²) in [6.45, 7) is 1.79. The molecule has 1 fully saturated rings. The second-order valence-electron chi connectivity index (χ2n) is 5.84. The number of carbonyl (C=O) groups is 2. The summed E-state index contributed by atoms with van der Waals surface area (Å²) in [5, 5.41) is 0. The Hall–Kier alpha value is -1.51. The number of halogens is 2. The van der Waals surface area contributed by atoms with Gasteiger partial charge in [0.2, 0.25) is 5.91 Å². The lowest BCUT2D eigenvalue weighted by Crippen LogP contribution is -2.55. The highest BCUT2D eigenvalue weighted by Gasteiger charge is 2.27. The van der Waals surface area contributed by atoms with Crippen LogP contribution in [0.15, 0.2) is 24.3 Å². The van der Waals surface area contributed by atoms with E-state index in [4.69, 9.17) is 10.5 Å². The molecule has 1 aliphatic heterocycles. The Morgan fingerprint density at radius 3 is 2.35 bits per heavy atom. The van der Waals surface area contributed by atoms with Gasteiger partial charge in [0.25, 0.3) is 5.91 Å². The monoisotopic (exact) mass is 405 g/mol. The Bertz CT molecular complexity index is 583. The predicted molar refractivity (Wildman–Crippen MR) is 103 cm³/mol. The first-order chi connectivity index (χ1) is 12.0. The van der Waals surface area contributed by atoms with Gasteiger partial charge in [-0.15, -0.1) is 12.4 Å². The second kappa shape index (κ2) is 11.3. The molecule has 0 radical (unpaired) electrons. The van der Waals surface area contributed by atoms with Crippen molar-refractivity contribution in [3.05, 3.63) is 30.1 Å². The SMILES string of the molecule is CSCC[C@H](N)C(=O)N1CCN(C(=O)COc2ccc(F)cc2)CC1.Cl. The van der Waals surface area contributed by atoms with Crippen LogP contribution in [-0.4, -0.2) is 72.5 Å². The van der Waals surface area contributed by atoms with Crippen LogP contribution in [0.2, 0.25) is 0 Å². The van der Waals surface area contributed by atoms with Crippen LogP contribution in [-0.2, 0) is 9.59 Å². The van der Waals surface area contributed by atoms with E-state index in [0.717, 1.165) is 5.75 Å². The van der Waals surface area contributed by atoms with Gasteiger partial charge in [-0.3, -0.25) is 9.59 Å². The highest BCUT2D eigenvalue weighted by molar-refractivity contribution is 7.98. The molecule has 1 aromatic carbocycles. The number of carbonyl (C=O) groups excluding carboxylic acids is 2. The van der Waals surface area contributed by atoms with Gasteiger partial charge in [0.15, 0.2) is 6.61 Å². The van der Waals surface area contributed by atoms with E-state index < -0.39 is 6.04 Å². The smallest absolute Gasteiger partial charge is 0.260 e. The average molecular weight is 406 g/mol. The fourth-order valence-electron chi connectivity index (χ4n) is 2.55. The zero-order valence-corrected chi connectivity index (χ0v) is 16.4. The molecule has 9 heteroatoms. The van der Waals surface area contributed by atoms with Gasteiger partial charge in [-0.25, -0.2) is 4.39 Å². The van der Waals surface area contributed by atoms with E-state index in [1.54, 1.807) is 21.6 Å². The number of nitrogens with two attached hydrogens (primary N) is 1. The molecule has 0 bridgehead atoms. The van der Waals surface area contributed by atoms with Crippen molar-refractivity contribution < 1.29 is 18.7 Å². The molecule has 1 heterocycles. The summed E-state index contributed by atoms with van der Waals surface area (Å²) >= 11 is 1.66. The molecular weight excluding hydrogens is 381 g/mol. The van der Waals surface area contributed by atoms with Gasteiger partial charge in [0.05, 0.1) is 6.04 Å². The minimum absolute atomic E-state index is 0. The van der Waals surface area contributed by atoms with Crippen molar-refractivity contribution in [1.82, 2.24) is 9.80 Å². The third kappa shape index (κ3) is 6.66. The molecule has 1 aromatic rings. The molecule has 1 saturated heterocycles. The van der Waals surface area contributed by atoms with Gasteiger partial charge in [-0.2, -0.15) is 11.8 Å². The number of nitrogens with zero attached hydrogens (tertiary/aromatic N) is 2. The lowest BCUT2D eigenvalue weighted by molar-refractivity contribution is -0.141. The van der Waals surface area contributed by atoms with Crippen molar-refractivity contribution in [2.24, 2.45) is 5.73 Å². The lowest BCUT2D eigenvalue weighted by Gasteiger charge is -2.35. The standard InChI is InChI=1S/C17H24FN3O3S.ClH/c1-25-11-6-15(19)17(23)21-9-7-20(8-10-21)16(22)12-24-14-4-2-13(18)3-5-14;/h2-5,15H,6-12,19H2,1H3;1H/t15-;/m0./s1. The Balaban J connectivity index is 0.00000338. The van der Waals surface area contributed by atoms with Gasteiger partial charge in [-0.1, -0.05) is 0 Å². The first kappa shape index (κ1) is 22.5. The minimum atomic E-state index is -0.475. The summed E-state index contributed by atoms with van der Waals surface area (Å²) < 4.78 is 18.2. The van der Waals surface area contributed by atoms with Gasteiger partial charge in [0.1, 0.15) is 11.6 Å². The first-order valence-corrected chi connectivity index (χ1v) is 9.60. The molecule has 0 aromatic heterocycles. The molecule has 1 atom stereocenters. The lowest BCUT2D eigenvalue weighted by atomic mass is 10.2. The summed E-state index contributed by atoms with van der Waals surface area (Å²) in [5.41, 5.74) is 5.92.